The topological polar surface area (TPSA) is 20.0 Å². The number of benzene rings is 3. The number of hydrogen-bond donors (Lipinski definition) is 0. The van der Waals surface area contributed by atoms with Crippen LogP contribution >= 0.6 is 0 Å². The van der Waals surface area contributed by atoms with Gasteiger partial charge in [-0.1, -0.05) is 88.0 Å². The predicted octanol–water partition coefficient (Wildman–Crippen LogP) is 8.22. The molecule has 48 heavy (non-hydrogen) atoms. The van der Waals surface area contributed by atoms with Gasteiger partial charge in [0.05, 0.1) is 20.6 Å². The fourth-order valence-corrected chi connectivity index (χ4v) is 10.5. The summed E-state index contributed by atoms with van der Waals surface area (Å²) >= 11 is 0. The van der Waals surface area contributed by atoms with Crippen LogP contribution in [0.4, 0.5) is 0 Å². The molecule has 0 N–H and O–H groups in total. The van der Waals surface area contributed by atoms with Gasteiger partial charge < -0.3 is 4.42 Å². The first kappa shape index (κ1) is 30.1. The lowest BCUT2D eigenvalue weighted by Gasteiger charge is -2.29. The molecule has 3 nitrogen and oxygen atoms in total. The number of rotatable bonds is 4. The smallest absolute Gasteiger partial charge is 0.234 e. The van der Waals surface area contributed by atoms with Crippen LogP contribution in [0, 0.1) is 25.2 Å². The van der Waals surface area contributed by atoms with Gasteiger partial charge in [0.15, 0.2) is 18.1 Å². The van der Waals surface area contributed by atoms with E-state index in [-0.39, 0.29) is 14.9 Å². The maximum Gasteiger partial charge on any atom is 0.234 e. The second-order valence-corrected chi connectivity index (χ2v) is 17.6. The zero-order valence-electron chi connectivity index (χ0n) is 29.4. The zero-order valence-corrected chi connectivity index (χ0v) is 30.8. The van der Waals surface area contributed by atoms with Gasteiger partial charge in [0.2, 0.25) is 17.8 Å². The Kier molecular flexibility index (Phi) is 6.89. The van der Waals surface area contributed by atoms with E-state index in [1.165, 1.54) is 61.5 Å². The molecule has 242 valence electrons. The summed E-state index contributed by atoms with van der Waals surface area (Å²) in [5, 5.41) is 2.91. The summed E-state index contributed by atoms with van der Waals surface area (Å²) in [6.07, 6.45) is 11.7. The van der Waals surface area contributed by atoms with E-state index in [0.717, 1.165) is 31.3 Å². The molecule has 0 spiro atoms. The number of allylic oxidation sites excluding steroid dienone is 1. The van der Waals surface area contributed by atoms with Crippen molar-refractivity contribution in [3.8, 4) is 11.3 Å². The minimum Gasteiger partial charge on any atom is -0.460 e. The summed E-state index contributed by atoms with van der Waals surface area (Å²) in [5.74, 6) is 2.68. The molecular weight excluding hydrogens is 601 g/mol. The predicted molar refractivity (Wildman–Crippen MR) is 200 cm³/mol. The van der Waals surface area contributed by atoms with Gasteiger partial charge in [0.25, 0.3) is 0 Å². The Balaban J connectivity index is 1.22. The van der Waals surface area contributed by atoms with Crippen LogP contribution in [0.5, 0.6) is 0 Å². The van der Waals surface area contributed by atoms with Crippen molar-refractivity contribution in [1.82, 2.24) is 0 Å². The largest absolute Gasteiger partial charge is 0.460 e. The number of furan rings is 1. The minimum absolute atomic E-state index is 0.170. The molecule has 1 saturated carbocycles. The number of fused-ring (bicyclic) bond motifs is 9. The molecular formula is C44H48N2OSi+2. The molecule has 0 amide bonds. The molecule has 0 radical (unpaired) electrons. The SMILES string of the molecule is C[SiH2]c1c[n+]2c(cc1C)-c1ccccc1C1C([N+]3=C(c4c(C)ccc5c6c(oc45)CCC(c4ccccc4)C6)CC(C(C)(C)C)C=C3)C12. The lowest BCUT2D eigenvalue weighted by atomic mass is 9.75. The molecule has 2 aliphatic carbocycles. The zero-order chi connectivity index (χ0) is 32.9. The fourth-order valence-electron chi connectivity index (χ4n) is 9.47. The molecule has 5 aromatic rings. The lowest BCUT2D eigenvalue weighted by molar-refractivity contribution is -0.706. The molecule has 3 aromatic carbocycles. The summed E-state index contributed by atoms with van der Waals surface area (Å²) < 4.78 is 12.4. The van der Waals surface area contributed by atoms with Crippen LogP contribution in [-0.2, 0) is 12.8 Å². The van der Waals surface area contributed by atoms with E-state index in [1.54, 1.807) is 5.19 Å². The number of aryl methyl sites for hydroxylation is 3. The second-order valence-electron chi connectivity index (χ2n) is 16.1. The maximum atomic E-state index is 7.01. The maximum absolute atomic E-state index is 7.01. The van der Waals surface area contributed by atoms with Gasteiger partial charge in [-0.15, -0.1) is 0 Å². The second kappa shape index (κ2) is 11.0. The van der Waals surface area contributed by atoms with Crippen LogP contribution in [-0.4, -0.2) is 25.8 Å². The minimum atomic E-state index is -0.280. The molecule has 0 saturated heterocycles. The standard InChI is InChI=1S/C44H48N2OSi/c1-26-16-18-33-34-23-29(28-12-8-7-9-13-28)17-19-37(34)47-43(33)39(26)36-24-30(44(3,4)5)20-21-45(36)41-40-32-15-11-10-14-31(32)35-22-27(2)38(48-6)25-46(35)42(40)41/h7-16,18,20-22,25,29-30,40-42H,17,19,23-24,48H2,1-6H3/q+2. The normalized spacial score (nSPS) is 24.5. The van der Waals surface area contributed by atoms with E-state index < -0.39 is 0 Å². The van der Waals surface area contributed by atoms with Crippen molar-refractivity contribution in [2.45, 2.75) is 90.8 Å². The average molecular weight is 649 g/mol. The van der Waals surface area contributed by atoms with Gasteiger partial charge in [0, 0.05) is 29.9 Å². The number of nitrogens with zero attached hydrogens (tertiary/aromatic N) is 2. The van der Waals surface area contributed by atoms with Crippen molar-refractivity contribution in [3.63, 3.8) is 0 Å². The summed E-state index contributed by atoms with van der Waals surface area (Å²) in [5.41, 5.74) is 14.0. The van der Waals surface area contributed by atoms with E-state index in [2.05, 4.69) is 142 Å². The van der Waals surface area contributed by atoms with Crippen molar-refractivity contribution in [3.05, 3.63) is 130 Å². The van der Waals surface area contributed by atoms with E-state index >= 15 is 0 Å². The molecule has 2 aliphatic heterocycles. The van der Waals surface area contributed by atoms with E-state index in [9.17, 15) is 0 Å². The highest BCUT2D eigenvalue weighted by Crippen LogP contribution is 2.57. The Labute approximate surface area is 287 Å². The number of pyridine rings is 1. The Morgan fingerprint density at radius 3 is 2.46 bits per heavy atom. The van der Waals surface area contributed by atoms with Crippen LogP contribution < -0.4 is 9.75 Å². The van der Waals surface area contributed by atoms with Gasteiger partial charge >= 0.3 is 0 Å². The van der Waals surface area contributed by atoms with Crippen LogP contribution in [0.1, 0.15) is 90.6 Å². The summed E-state index contributed by atoms with van der Waals surface area (Å²) in [4.78, 5) is 0. The van der Waals surface area contributed by atoms with Gasteiger partial charge in [-0.2, -0.15) is 9.14 Å². The number of hydrogen-bond acceptors (Lipinski definition) is 1. The average Bonchev–Trinajstić information content (AvgIpc) is 3.73. The summed E-state index contributed by atoms with van der Waals surface area (Å²) in [7, 11) is -0.280. The first-order valence-corrected chi connectivity index (χ1v) is 20.4. The molecule has 9 rings (SSSR count). The van der Waals surface area contributed by atoms with Gasteiger partial charge in [-0.25, -0.2) is 0 Å². The first-order valence-electron chi connectivity index (χ1n) is 18.3. The molecule has 2 aromatic heterocycles. The van der Waals surface area contributed by atoms with Crippen LogP contribution in [0.25, 0.3) is 22.2 Å². The van der Waals surface area contributed by atoms with Crippen LogP contribution in [0.3, 0.4) is 0 Å². The van der Waals surface area contributed by atoms with Gasteiger partial charge in [0.1, 0.15) is 17.3 Å². The first-order chi connectivity index (χ1) is 23.2. The van der Waals surface area contributed by atoms with Crippen molar-refractivity contribution in [1.29, 1.82) is 0 Å². The molecule has 1 fully saturated rings. The lowest BCUT2D eigenvalue weighted by Crippen LogP contribution is -2.44. The highest BCUT2D eigenvalue weighted by molar-refractivity contribution is 6.52. The van der Waals surface area contributed by atoms with Gasteiger partial charge in [-0.05, 0) is 83.5 Å². The highest BCUT2D eigenvalue weighted by atomic mass is 28.2. The molecule has 5 atom stereocenters. The fraction of sp³-hybridized carbons (Fsp3) is 0.364. The van der Waals surface area contributed by atoms with Crippen LogP contribution in [0.2, 0.25) is 6.55 Å². The van der Waals surface area contributed by atoms with Crippen molar-refractivity contribution in [2.75, 3.05) is 0 Å². The third-order valence-corrected chi connectivity index (χ3v) is 13.8. The van der Waals surface area contributed by atoms with Crippen molar-refractivity contribution in [2.24, 2.45) is 11.3 Å². The molecule has 4 heterocycles. The molecule has 4 heteroatoms. The molecule has 5 unspecified atom stereocenters. The van der Waals surface area contributed by atoms with E-state index in [4.69, 9.17) is 4.42 Å². The molecule has 0 bridgehead atoms. The summed E-state index contributed by atoms with van der Waals surface area (Å²) in [6.45, 7) is 14.2. The Morgan fingerprint density at radius 2 is 1.67 bits per heavy atom. The Bertz CT molecular complexity index is 2160. The quantitative estimate of drug-likeness (QED) is 0.142. The monoisotopic (exact) mass is 648 g/mol. The Morgan fingerprint density at radius 1 is 0.875 bits per heavy atom. The molecule has 4 aliphatic rings. The van der Waals surface area contributed by atoms with E-state index in [0.29, 0.717) is 29.8 Å². The highest BCUT2D eigenvalue weighted by Gasteiger charge is 2.70. The van der Waals surface area contributed by atoms with E-state index in [1.807, 2.05) is 0 Å². The third-order valence-electron chi connectivity index (χ3n) is 12.3. The number of aromatic nitrogens is 1. The summed E-state index contributed by atoms with van der Waals surface area (Å²) in [6, 6.07) is 28.3. The van der Waals surface area contributed by atoms with Crippen molar-refractivity contribution < 1.29 is 13.6 Å². The van der Waals surface area contributed by atoms with Crippen LogP contribution in [0.15, 0.2) is 95.7 Å². The Hall–Kier alpha value is -4.02. The van der Waals surface area contributed by atoms with Gasteiger partial charge in [-0.3, -0.25) is 0 Å². The third kappa shape index (κ3) is 4.59. The van der Waals surface area contributed by atoms with Crippen molar-refractivity contribution >= 4 is 31.4 Å².